The Labute approximate surface area is 83.7 Å². The van der Waals surface area contributed by atoms with Crippen LogP contribution in [0.2, 0.25) is 0 Å². The van der Waals surface area contributed by atoms with E-state index >= 15 is 0 Å². The zero-order chi connectivity index (χ0) is 9.68. The van der Waals surface area contributed by atoms with Crippen molar-refractivity contribution in [1.29, 1.82) is 0 Å². The molecule has 0 aliphatic heterocycles. The summed E-state index contributed by atoms with van der Waals surface area (Å²) in [4.78, 5) is 0.377. The zero-order valence-corrected chi connectivity index (χ0v) is 8.43. The van der Waals surface area contributed by atoms with Crippen LogP contribution in [0.3, 0.4) is 0 Å². The van der Waals surface area contributed by atoms with E-state index in [1.807, 2.05) is 18.2 Å². The van der Waals surface area contributed by atoms with E-state index in [1.165, 1.54) is 5.56 Å². The van der Waals surface area contributed by atoms with Crippen LogP contribution in [0.5, 0.6) is 5.75 Å². The number of hydrogen-bond donors (Lipinski definition) is 1. The second-order valence-corrected chi connectivity index (χ2v) is 3.28. The predicted octanol–water partition coefficient (Wildman–Crippen LogP) is 1.91. The highest BCUT2D eigenvalue weighted by atomic mass is 32.1. The van der Waals surface area contributed by atoms with Gasteiger partial charge in [-0.15, -0.1) is 0 Å². The summed E-state index contributed by atoms with van der Waals surface area (Å²) in [7, 11) is 0. The Morgan fingerprint density at radius 2 is 2.31 bits per heavy atom. The first kappa shape index (κ1) is 9.99. The highest BCUT2D eigenvalue weighted by molar-refractivity contribution is 7.80. The summed E-state index contributed by atoms with van der Waals surface area (Å²) in [5, 5.41) is 0. The van der Waals surface area contributed by atoms with E-state index < -0.39 is 0 Å². The Hall–Kier alpha value is -1.09. The van der Waals surface area contributed by atoms with Crippen molar-refractivity contribution in [2.75, 3.05) is 6.61 Å². The summed E-state index contributed by atoms with van der Waals surface area (Å²) < 4.78 is 5.34. The molecule has 0 saturated carbocycles. The zero-order valence-electron chi connectivity index (χ0n) is 7.62. The molecule has 0 aromatic heterocycles. The second-order valence-electron chi connectivity index (χ2n) is 2.76. The van der Waals surface area contributed by atoms with Crippen LogP contribution in [0.4, 0.5) is 0 Å². The molecule has 0 spiro atoms. The Morgan fingerprint density at radius 1 is 1.54 bits per heavy atom. The molecule has 0 heterocycles. The number of nitrogens with two attached hydrogens (primary N) is 1. The number of aryl methyl sites for hydroxylation is 1. The summed E-state index contributed by atoms with van der Waals surface area (Å²) in [6.07, 6.45) is 1.00. The molecular formula is C10H13NOS. The third-order valence-electron chi connectivity index (χ3n) is 1.69. The van der Waals surface area contributed by atoms with E-state index in [9.17, 15) is 0 Å². The molecular weight excluding hydrogens is 182 g/mol. The van der Waals surface area contributed by atoms with Crippen molar-refractivity contribution in [2.45, 2.75) is 13.3 Å². The topological polar surface area (TPSA) is 35.2 Å². The maximum Gasteiger partial charge on any atom is 0.138 e. The van der Waals surface area contributed by atoms with Gasteiger partial charge in [-0.3, -0.25) is 0 Å². The van der Waals surface area contributed by atoms with Gasteiger partial charge in [-0.25, -0.2) is 0 Å². The van der Waals surface area contributed by atoms with Gasteiger partial charge < -0.3 is 10.5 Å². The van der Waals surface area contributed by atoms with Gasteiger partial charge in [-0.1, -0.05) is 31.3 Å². The number of rotatable bonds is 4. The van der Waals surface area contributed by atoms with Gasteiger partial charge in [0.2, 0.25) is 0 Å². The predicted molar refractivity (Wildman–Crippen MR) is 58.1 cm³/mol. The molecule has 0 unspecified atom stereocenters. The van der Waals surface area contributed by atoms with E-state index in [4.69, 9.17) is 22.7 Å². The van der Waals surface area contributed by atoms with Gasteiger partial charge in [0.1, 0.15) is 17.3 Å². The molecule has 1 rings (SSSR count). The first-order valence-corrected chi connectivity index (χ1v) is 4.63. The van der Waals surface area contributed by atoms with Gasteiger partial charge in [0.05, 0.1) is 0 Å². The van der Waals surface area contributed by atoms with Crippen molar-refractivity contribution in [1.82, 2.24) is 0 Å². The molecule has 0 radical (unpaired) electrons. The Morgan fingerprint density at radius 3 is 2.92 bits per heavy atom. The highest BCUT2D eigenvalue weighted by Gasteiger charge is 1.95. The molecule has 0 aliphatic carbocycles. The molecule has 2 N–H and O–H groups in total. The lowest BCUT2D eigenvalue weighted by atomic mass is 10.2. The summed E-state index contributed by atoms with van der Waals surface area (Å²) in [5.41, 5.74) is 6.57. The van der Waals surface area contributed by atoms with Crippen LogP contribution in [0, 0.1) is 0 Å². The molecule has 0 atom stereocenters. The lowest BCUT2D eigenvalue weighted by Gasteiger charge is -2.05. The Bertz CT molecular complexity index is 299. The van der Waals surface area contributed by atoms with E-state index in [-0.39, 0.29) is 0 Å². The smallest absolute Gasteiger partial charge is 0.138 e. The molecule has 70 valence electrons. The fourth-order valence-corrected chi connectivity index (χ4v) is 1.07. The normalized spacial score (nSPS) is 9.62. The van der Waals surface area contributed by atoms with Crippen LogP contribution in [-0.2, 0) is 6.42 Å². The molecule has 0 fully saturated rings. The summed E-state index contributed by atoms with van der Waals surface area (Å²) in [6, 6.07) is 7.93. The standard InChI is InChI=1S/C10H13NOS/c1-2-8-4-3-5-9(6-8)12-7-10(11)13/h3-6H,2,7H2,1H3,(H2,11,13). The largest absolute Gasteiger partial charge is 0.486 e. The maximum atomic E-state index is 5.34. The van der Waals surface area contributed by atoms with Crippen molar-refractivity contribution in [3.05, 3.63) is 29.8 Å². The van der Waals surface area contributed by atoms with Gasteiger partial charge in [0.15, 0.2) is 0 Å². The van der Waals surface area contributed by atoms with Crippen LogP contribution in [0.1, 0.15) is 12.5 Å². The van der Waals surface area contributed by atoms with Gasteiger partial charge in [-0.05, 0) is 24.1 Å². The van der Waals surface area contributed by atoms with Crippen molar-refractivity contribution >= 4 is 17.2 Å². The first-order valence-electron chi connectivity index (χ1n) is 4.22. The average Bonchev–Trinajstić information content (AvgIpc) is 2.15. The first-order chi connectivity index (χ1) is 6.22. The number of thiocarbonyl (C=S) groups is 1. The lowest BCUT2D eigenvalue weighted by molar-refractivity contribution is 0.377. The molecule has 0 amide bonds. The number of benzene rings is 1. The van der Waals surface area contributed by atoms with E-state index in [2.05, 4.69) is 13.0 Å². The molecule has 1 aromatic carbocycles. The highest BCUT2D eigenvalue weighted by Crippen LogP contribution is 2.13. The van der Waals surface area contributed by atoms with Crippen LogP contribution < -0.4 is 10.5 Å². The SMILES string of the molecule is CCc1cccc(OCC(N)=S)c1. The van der Waals surface area contributed by atoms with Crippen molar-refractivity contribution in [2.24, 2.45) is 5.73 Å². The minimum Gasteiger partial charge on any atom is -0.486 e. The Kier molecular flexibility index (Phi) is 3.71. The fourth-order valence-electron chi connectivity index (χ4n) is 1.01. The van der Waals surface area contributed by atoms with Gasteiger partial charge >= 0.3 is 0 Å². The summed E-state index contributed by atoms with van der Waals surface area (Å²) in [6.45, 7) is 2.41. The maximum absolute atomic E-state index is 5.34. The van der Waals surface area contributed by atoms with Crippen molar-refractivity contribution in [3.8, 4) is 5.75 Å². The minimum absolute atomic E-state index is 0.308. The van der Waals surface area contributed by atoms with Gasteiger partial charge in [-0.2, -0.15) is 0 Å². The van der Waals surface area contributed by atoms with Gasteiger partial charge in [0.25, 0.3) is 0 Å². The molecule has 0 aliphatic rings. The molecule has 0 saturated heterocycles. The molecule has 0 bridgehead atoms. The fraction of sp³-hybridized carbons (Fsp3) is 0.300. The average molecular weight is 195 g/mol. The van der Waals surface area contributed by atoms with Crippen molar-refractivity contribution in [3.63, 3.8) is 0 Å². The van der Waals surface area contributed by atoms with Crippen LogP contribution in [0.15, 0.2) is 24.3 Å². The molecule has 2 nitrogen and oxygen atoms in total. The van der Waals surface area contributed by atoms with E-state index in [0.717, 1.165) is 12.2 Å². The van der Waals surface area contributed by atoms with E-state index in [0.29, 0.717) is 11.6 Å². The van der Waals surface area contributed by atoms with E-state index in [1.54, 1.807) is 0 Å². The van der Waals surface area contributed by atoms with Crippen molar-refractivity contribution < 1.29 is 4.74 Å². The van der Waals surface area contributed by atoms with Crippen LogP contribution in [0.25, 0.3) is 0 Å². The summed E-state index contributed by atoms with van der Waals surface area (Å²) in [5.74, 6) is 0.826. The minimum atomic E-state index is 0.308. The number of hydrogen-bond acceptors (Lipinski definition) is 2. The van der Waals surface area contributed by atoms with Gasteiger partial charge in [0, 0.05) is 0 Å². The number of ether oxygens (including phenoxy) is 1. The second kappa shape index (κ2) is 4.82. The molecule has 1 aromatic rings. The van der Waals surface area contributed by atoms with Crippen LogP contribution >= 0.6 is 12.2 Å². The molecule has 3 heteroatoms. The third-order valence-corrected chi connectivity index (χ3v) is 1.81. The van der Waals surface area contributed by atoms with Crippen LogP contribution in [-0.4, -0.2) is 11.6 Å². The monoisotopic (exact) mass is 195 g/mol. The lowest BCUT2D eigenvalue weighted by Crippen LogP contribution is -2.17. The Balaban J connectivity index is 2.61. The quantitative estimate of drug-likeness (QED) is 0.745. The third kappa shape index (κ3) is 3.42. The summed E-state index contributed by atoms with van der Waals surface area (Å²) >= 11 is 4.71. The molecule has 13 heavy (non-hydrogen) atoms.